The SMILES string of the molecule is CCN(CC(C)C)S(=O)(=O)c1cc(CO)cc(Br)c1C. The zero-order valence-corrected chi connectivity index (χ0v) is 14.8. The summed E-state index contributed by atoms with van der Waals surface area (Å²) in [5, 5.41) is 9.26. The molecule has 0 heterocycles. The smallest absolute Gasteiger partial charge is 0.243 e. The van der Waals surface area contributed by atoms with E-state index in [0.29, 0.717) is 28.7 Å². The van der Waals surface area contributed by atoms with Gasteiger partial charge in [-0.2, -0.15) is 4.31 Å². The second-order valence-corrected chi connectivity index (χ2v) is 7.97. The van der Waals surface area contributed by atoms with Gasteiger partial charge in [0.05, 0.1) is 11.5 Å². The van der Waals surface area contributed by atoms with E-state index in [1.165, 1.54) is 4.31 Å². The van der Waals surface area contributed by atoms with Crippen LogP contribution in [-0.2, 0) is 16.6 Å². The van der Waals surface area contributed by atoms with Crippen LogP contribution in [0.5, 0.6) is 0 Å². The van der Waals surface area contributed by atoms with Crippen molar-refractivity contribution >= 4 is 26.0 Å². The molecule has 0 radical (unpaired) electrons. The number of aliphatic hydroxyl groups excluding tert-OH is 1. The minimum atomic E-state index is -3.54. The van der Waals surface area contributed by atoms with E-state index < -0.39 is 10.0 Å². The molecule has 0 aliphatic rings. The molecule has 1 aromatic rings. The van der Waals surface area contributed by atoms with Crippen molar-refractivity contribution in [3.63, 3.8) is 0 Å². The molecule has 0 aromatic heterocycles. The normalized spacial score (nSPS) is 12.4. The first kappa shape index (κ1) is 17.6. The van der Waals surface area contributed by atoms with Gasteiger partial charge in [0.15, 0.2) is 0 Å². The molecule has 0 atom stereocenters. The summed E-state index contributed by atoms with van der Waals surface area (Å²) >= 11 is 3.36. The summed E-state index contributed by atoms with van der Waals surface area (Å²) in [5.74, 6) is 0.259. The van der Waals surface area contributed by atoms with Gasteiger partial charge < -0.3 is 5.11 Å². The molecule has 4 nitrogen and oxygen atoms in total. The van der Waals surface area contributed by atoms with Gasteiger partial charge in [0.1, 0.15) is 0 Å². The van der Waals surface area contributed by atoms with Crippen LogP contribution in [0, 0.1) is 12.8 Å². The minimum Gasteiger partial charge on any atom is -0.392 e. The predicted molar refractivity (Wildman–Crippen MR) is 84.1 cm³/mol. The Labute approximate surface area is 130 Å². The lowest BCUT2D eigenvalue weighted by molar-refractivity contribution is 0.281. The maximum Gasteiger partial charge on any atom is 0.243 e. The lowest BCUT2D eigenvalue weighted by atomic mass is 10.2. The van der Waals surface area contributed by atoms with Crippen molar-refractivity contribution in [2.45, 2.75) is 39.2 Å². The van der Waals surface area contributed by atoms with Crippen molar-refractivity contribution in [2.24, 2.45) is 5.92 Å². The van der Waals surface area contributed by atoms with E-state index in [1.54, 1.807) is 19.1 Å². The van der Waals surface area contributed by atoms with Crippen molar-refractivity contribution in [3.05, 3.63) is 27.7 Å². The van der Waals surface area contributed by atoms with E-state index in [2.05, 4.69) is 15.9 Å². The largest absolute Gasteiger partial charge is 0.392 e. The fourth-order valence-corrected chi connectivity index (χ4v) is 4.56. The summed E-state index contributed by atoms with van der Waals surface area (Å²) < 4.78 is 27.7. The number of hydrogen-bond acceptors (Lipinski definition) is 3. The first-order chi connectivity index (χ1) is 9.23. The van der Waals surface area contributed by atoms with E-state index in [-0.39, 0.29) is 17.4 Å². The molecular weight excluding hydrogens is 342 g/mol. The van der Waals surface area contributed by atoms with Gasteiger partial charge in [-0.05, 0) is 36.1 Å². The van der Waals surface area contributed by atoms with Gasteiger partial charge in [0.2, 0.25) is 10.0 Å². The Balaban J connectivity index is 3.37. The lowest BCUT2D eigenvalue weighted by Crippen LogP contribution is -2.34. The molecule has 0 aliphatic carbocycles. The van der Waals surface area contributed by atoms with Crippen molar-refractivity contribution in [2.75, 3.05) is 13.1 Å². The Morgan fingerprint density at radius 3 is 2.40 bits per heavy atom. The Hall–Kier alpha value is -0.430. The van der Waals surface area contributed by atoms with Crippen LogP contribution in [-0.4, -0.2) is 30.9 Å². The molecule has 114 valence electrons. The van der Waals surface area contributed by atoms with Gasteiger partial charge in [-0.25, -0.2) is 8.42 Å². The Morgan fingerprint density at radius 2 is 1.95 bits per heavy atom. The second-order valence-electron chi connectivity index (χ2n) is 5.21. The molecule has 0 spiro atoms. The molecule has 1 aromatic carbocycles. The van der Waals surface area contributed by atoms with E-state index in [9.17, 15) is 13.5 Å². The molecule has 6 heteroatoms. The highest BCUT2D eigenvalue weighted by Gasteiger charge is 2.26. The molecule has 0 fully saturated rings. The third-order valence-corrected chi connectivity index (χ3v) is 5.97. The van der Waals surface area contributed by atoms with Crippen LogP contribution in [0.1, 0.15) is 31.9 Å². The molecule has 0 amide bonds. The van der Waals surface area contributed by atoms with Crippen LogP contribution in [0.25, 0.3) is 0 Å². The summed E-state index contributed by atoms with van der Waals surface area (Å²) in [6.07, 6.45) is 0. The van der Waals surface area contributed by atoms with Gasteiger partial charge in [-0.15, -0.1) is 0 Å². The van der Waals surface area contributed by atoms with Gasteiger partial charge in [0, 0.05) is 17.6 Å². The summed E-state index contributed by atoms with van der Waals surface area (Å²) in [5.41, 5.74) is 1.26. The number of halogens is 1. The molecule has 20 heavy (non-hydrogen) atoms. The van der Waals surface area contributed by atoms with E-state index in [0.717, 1.165) is 0 Å². The number of nitrogens with zero attached hydrogens (tertiary/aromatic N) is 1. The molecule has 0 unspecified atom stereocenters. The highest BCUT2D eigenvalue weighted by atomic mass is 79.9. The fraction of sp³-hybridized carbons (Fsp3) is 0.571. The van der Waals surface area contributed by atoms with E-state index >= 15 is 0 Å². The summed E-state index contributed by atoms with van der Waals surface area (Å²) in [6, 6.07) is 3.30. The van der Waals surface area contributed by atoms with Crippen molar-refractivity contribution < 1.29 is 13.5 Å². The summed E-state index contributed by atoms with van der Waals surface area (Å²) in [7, 11) is -3.54. The number of aliphatic hydroxyl groups is 1. The second kappa shape index (κ2) is 7.02. The van der Waals surface area contributed by atoms with E-state index in [4.69, 9.17) is 0 Å². The van der Waals surface area contributed by atoms with Crippen LogP contribution in [0.4, 0.5) is 0 Å². The Morgan fingerprint density at radius 1 is 1.35 bits per heavy atom. The average molecular weight is 364 g/mol. The van der Waals surface area contributed by atoms with Crippen LogP contribution in [0.15, 0.2) is 21.5 Å². The monoisotopic (exact) mass is 363 g/mol. The summed E-state index contributed by atoms with van der Waals surface area (Å²) in [4.78, 5) is 0.262. The molecule has 0 saturated carbocycles. The summed E-state index contributed by atoms with van der Waals surface area (Å²) in [6.45, 7) is 8.32. The standard InChI is InChI=1S/C14H22BrNO3S/c1-5-16(8-10(2)3)20(18,19)14-7-12(9-17)6-13(15)11(14)4/h6-7,10,17H,5,8-9H2,1-4H3. The topological polar surface area (TPSA) is 57.6 Å². The highest BCUT2D eigenvalue weighted by molar-refractivity contribution is 9.10. The van der Waals surface area contributed by atoms with Crippen molar-refractivity contribution in [1.29, 1.82) is 0 Å². The van der Waals surface area contributed by atoms with Gasteiger partial charge >= 0.3 is 0 Å². The minimum absolute atomic E-state index is 0.183. The molecule has 0 bridgehead atoms. The number of hydrogen-bond donors (Lipinski definition) is 1. The Bertz CT molecular complexity index is 570. The van der Waals surface area contributed by atoms with Crippen LogP contribution in [0.2, 0.25) is 0 Å². The third kappa shape index (κ3) is 3.81. The molecule has 0 saturated heterocycles. The molecular formula is C14H22BrNO3S. The number of benzene rings is 1. The first-order valence-corrected chi connectivity index (χ1v) is 8.87. The maximum atomic E-state index is 12.8. The zero-order chi connectivity index (χ0) is 15.5. The van der Waals surface area contributed by atoms with Crippen LogP contribution >= 0.6 is 15.9 Å². The lowest BCUT2D eigenvalue weighted by Gasteiger charge is -2.24. The molecule has 0 aliphatic heterocycles. The van der Waals surface area contributed by atoms with Crippen LogP contribution < -0.4 is 0 Å². The van der Waals surface area contributed by atoms with Crippen molar-refractivity contribution in [1.82, 2.24) is 4.31 Å². The van der Waals surface area contributed by atoms with Gasteiger partial charge in [0.25, 0.3) is 0 Å². The quantitative estimate of drug-likeness (QED) is 0.845. The first-order valence-electron chi connectivity index (χ1n) is 6.64. The van der Waals surface area contributed by atoms with Gasteiger partial charge in [-0.1, -0.05) is 36.7 Å². The fourth-order valence-electron chi connectivity index (χ4n) is 2.01. The average Bonchev–Trinajstić information content (AvgIpc) is 2.38. The van der Waals surface area contributed by atoms with Crippen LogP contribution in [0.3, 0.4) is 0 Å². The third-order valence-electron chi connectivity index (χ3n) is 3.08. The zero-order valence-electron chi connectivity index (χ0n) is 12.4. The highest BCUT2D eigenvalue weighted by Crippen LogP contribution is 2.28. The van der Waals surface area contributed by atoms with Crippen molar-refractivity contribution in [3.8, 4) is 0 Å². The van der Waals surface area contributed by atoms with Gasteiger partial charge in [-0.3, -0.25) is 0 Å². The number of sulfonamides is 1. The number of rotatable bonds is 6. The molecule has 1 N–H and O–H groups in total. The van der Waals surface area contributed by atoms with E-state index in [1.807, 2.05) is 20.8 Å². The maximum absolute atomic E-state index is 12.8. The Kier molecular flexibility index (Phi) is 6.19. The predicted octanol–water partition coefficient (Wildman–Crippen LogP) is 2.92. The molecule has 1 rings (SSSR count).